The highest BCUT2D eigenvalue weighted by Crippen LogP contribution is 2.16. The number of carbonyl (C=O) groups is 1. The SMILES string of the molecule is CCCCCCCC/C=C/CC/C=C/C(O)C(CO)NC(=O)CC(O)CCCCCCCCCCCCC/C=C\CCCCCCCCCCCCCC. The highest BCUT2D eigenvalue weighted by Gasteiger charge is 2.20. The minimum atomic E-state index is -0.950. The van der Waals surface area contributed by atoms with E-state index >= 15 is 0 Å². The largest absolute Gasteiger partial charge is 0.394 e. The Kier molecular flexibility index (Phi) is 43.1. The maximum Gasteiger partial charge on any atom is 0.222 e. The number of unbranched alkanes of at least 4 members (excludes halogenated alkanes) is 30. The Labute approximate surface area is 336 Å². The number of rotatable bonds is 43. The predicted octanol–water partition coefficient (Wildman–Crippen LogP) is 13.9. The van der Waals surface area contributed by atoms with E-state index in [-0.39, 0.29) is 18.9 Å². The molecule has 4 N–H and O–H groups in total. The first-order valence-electron chi connectivity index (χ1n) is 23.8. The first kappa shape index (κ1) is 52.6. The molecule has 0 aliphatic heterocycles. The van der Waals surface area contributed by atoms with Crippen LogP contribution in [0, 0.1) is 0 Å². The smallest absolute Gasteiger partial charge is 0.222 e. The fourth-order valence-electron chi connectivity index (χ4n) is 7.23. The number of carbonyl (C=O) groups excluding carboxylic acids is 1. The van der Waals surface area contributed by atoms with Gasteiger partial charge >= 0.3 is 0 Å². The van der Waals surface area contributed by atoms with E-state index < -0.39 is 18.2 Å². The highest BCUT2D eigenvalue weighted by molar-refractivity contribution is 5.76. The third-order valence-electron chi connectivity index (χ3n) is 10.9. The molecule has 1 amide bonds. The van der Waals surface area contributed by atoms with Gasteiger partial charge in [0.15, 0.2) is 0 Å². The Morgan fingerprint density at radius 2 is 0.796 bits per heavy atom. The molecule has 0 radical (unpaired) electrons. The Bertz CT molecular complexity index is 840. The van der Waals surface area contributed by atoms with Gasteiger partial charge in [0.2, 0.25) is 5.91 Å². The van der Waals surface area contributed by atoms with Crippen molar-refractivity contribution in [1.29, 1.82) is 0 Å². The van der Waals surface area contributed by atoms with E-state index in [1.807, 2.05) is 6.08 Å². The molecular weight excluding hydrogens is 667 g/mol. The Hall–Kier alpha value is -1.43. The zero-order valence-electron chi connectivity index (χ0n) is 36.1. The monoisotopic (exact) mass is 760 g/mol. The first-order valence-corrected chi connectivity index (χ1v) is 23.8. The maximum absolute atomic E-state index is 12.4. The van der Waals surface area contributed by atoms with Crippen molar-refractivity contribution in [3.8, 4) is 0 Å². The molecule has 3 atom stereocenters. The third kappa shape index (κ3) is 40.2. The molecular formula is C49H93NO4. The molecule has 0 fully saturated rings. The lowest BCUT2D eigenvalue weighted by Gasteiger charge is -2.21. The molecule has 0 aromatic heterocycles. The van der Waals surface area contributed by atoms with Crippen molar-refractivity contribution in [2.45, 2.75) is 263 Å². The second-order valence-electron chi connectivity index (χ2n) is 16.4. The van der Waals surface area contributed by atoms with Crippen LogP contribution >= 0.6 is 0 Å². The van der Waals surface area contributed by atoms with E-state index in [1.165, 1.54) is 186 Å². The van der Waals surface area contributed by atoms with Crippen LogP contribution in [0.1, 0.15) is 245 Å². The number of aliphatic hydroxyl groups is 3. The summed E-state index contributed by atoms with van der Waals surface area (Å²) in [6.45, 7) is 4.19. The van der Waals surface area contributed by atoms with Crippen LogP contribution in [0.25, 0.3) is 0 Å². The van der Waals surface area contributed by atoms with Gasteiger partial charge in [-0.25, -0.2) is 0 Å². The summed E-state index contributed by atoms with van der Waals surface area (Å²) in [6, 6.07) is -0.759. The topological polar surface area (TPSA) is 89.8 Å². The summed E-state index contributed by atoms with van der Waals surface area (Å²) >= 11 is 0. The van der Waals surface area contributed by atoms with Gasteiger partial charge in [-0.05, 0) is 57.8 Å². The number of aliphatic hydroxyl groups excluding tert-OH is 3. The van der Waals surface area contributed by atoms with Gasteiger partial charge in [0.25, 0.3) is 0 Å². The molecule has 0 rings (SSSR count). The lowest BCUT2D eigenvalue weighted by molar-refractivity contribution is -0.124. The van der Waals surface area contributed by atoms with Crippen molar-refractivity contribution in [2.75, 3.05) is 6.61 Å². The van der Waals surface area contributed by atoms with E-state index in [9.17, 15) is 20.1 Å². The normalized spacial score (nSPS) is 13.8. The summed E-state index contributed by atoms with van der Waals surface area (Å²) < 4.78 is 0. The lowest BCUT2D eigenvalue weighted by atomic mass is 10.0. The van der Waals surface area contributed by atoms with Gasteiger partial charge in [-0.15, -0.1) is 0 Å². The standard InChI is InChI=1S/C49H93NO4/c1-3-5-7-9-11-13-15-17-18-19-20-21-22-23-24-25-26-27-28-29-30-31-32-34-36-38-40-42-46(52)44-49(54)50-47(45-51)48(53)43-41-39-37-35-33-16-14-12-10-8-6-4-2/h23-24,33,35,41,43,46-48,51-53H,3-22,25-32,34,36-40,42,44-45H2,1-2H3,(H,50,54)/b24-23-,35-33+,43-41+. The molecule has 0 aromatic rings. The van der Waals surface area contributed by atoms with Crippen molar-refractivity contribution in [1.82, 2.24) is 5.32 Å². The molecule has 0 aliphatic rings. The lowest BCUT2D eigenvalue weighted by Crippen LogP contribution is -2.45. The molecule has 3 unspecified atom stereocenters. The van der Waals surface area contributed by atoms with Gasteiger partial charge in [0.1, 0.15) is 0 Å². The van der Waals surface area contributed by atoms with Gasteiger partial charge in [-0.3, -0.25) is 4.79 Å². The van der Waals surface area contributed by atoms with Crippen molar-refractivity contribution in [3.63, 3.8) is 0 Å². The van der Waals surface area contributed by atoms with Gasteiger partial charge < -0.3 is 20.6 Å². The minimum absolute atomic E-state index is 0.00605. The molecule has 0 saturated heterocycles. The summed E-state index contributed by atoms with van der Waals surface area (Å²) in [5.41, 5.74) is 0. The molecule has 0 heterocycles. The molecule has 0 bridgehead atoms. The Morgan fingerprint density at radius 3 is 1.19 bits per heavy atom. The summed E-state index contributed by atoms with van der Waals surface area (Å²) in [7, 11) is 0. The number of hydrogen-bond acceptors (Lipinski definition) is 4. The second kappa shape index (κ2) is 44.3. The maximum atomic E-state index is 12.4. The van der Waals surface area contributed by atoms with E-state index in [0.717, 1.165) is 32.1 Å². The Balaban J connectivity index is 3.58. The van der Waals surface area contributed by atoms with Crippen LogP contribution < -0.4 is 5.32 Å². The van der Waals surface area contributed by atoms with Crippen molar-refractivity contribution in [3.05, 3.63) is 36.5 Å². The highest BCUT2D eigenvalue weighted by atomic mass is 16.3. The molecule has 0 aromatic carbocycles. The van der Waals surface area contributed by atoms with Gasteiger partial charge in [-0.2, -0.15) is 0 Å². The Morgan fingerprint density at radius 1 is 0.463 bits per heavy atom. The van der Waals surface area contributed by atoms with E-state index in [4.69, 9.17) is 0 Å². The minimum Gasteiger partial charge on any atom is -0.394 e. The zero-order chi connectivity index (χ0) is 39.4. The summed E-state index contributed by atoms with van der Waals surface area (Å²) in [5.74, 6) is -0.326. The predicted molar refractivity (Wildman–Crippen MR) is 236 cm³/mol. The van der Waals surface area contributed by atoms with Crippen LogP contribution in [0.15, 0.2) is 36.5 Å². The average Bonchev–Trinajstić information content (AvgIpc) is 3.16. The number of allylic oxidation sites excluding steroid dienone is 5. The zero-order valence-corrected chi connectivity index (χ0v) is 36.1. The van der Waals surface area contributed by atoms with Crippen LogP contribution in [-0.2, 0) is 4.79 Å². The van der Waals surface area contributed by atoms with Crippen LogP contribution in [0.2, 0.25) is 0 Å². The molecule has 0 saturated carbocycles. The van der Waals surface area contributed by atoms with E-state index in [0.29, 0.717) is 6.42 Å². The third-order valence-corrected chi connectivity index (χ3v) is 10.9. The van der Waals surface area contributed by atoms with Crippen molar-refractivity contribution >= 4 is 5.91 Å². The number of amides is 1. The molecule has 0 aliphatic carbocycles. The van der Waals surface area contributed by atoms with E-state index in [1.54, 1.807) is 6.08 Å². The molecule has 5 heteroatoms. The molecule has 0 spiro atoms. The summed E-state index contributed by atoms with van der Waals surface area (Å²) in [6.07, 6.45) is 56.0. The molecule has 54 heavy (non-hydrogen) atoms. The fraction of sp³-hybridized carbons (Fsp3) is 0.857. The van der Waals surface area contributed by atoms with Gasteiger partial charge in [0.05, 0.1) is 31.3 Å². The van der Waals surface area contributed by atoms with Crippen LogP contribution in [0.5, 0.6) is 0 Å². The van der Waals surface area contributed by atoms with Crippen molar-refractivity contribution in [2.24, 2.45) is 0 Å². The van der Waals surface area contributed by atoms with E-state index in [2.05, 4.69) is 43.5 Å². The second-order valence-corrected chi connectivity index (χ2v) is 16.4. The fourth-order valence-corrected chi connectivity index (χ4v) is 7.23. The molecule has 318 valence electrons. The quantitative estimate of drug-likeness (QED) is 0.0368. The van der Waals surface area contributed by atoms with Gasteiger partial charge in [-0.1, -0.05) is 217 Å². The van der Waals surface area contributed by atoms with Crippen LogP contribution in [0.3, 0.4) is 0 Å². The van der Waals surface area contributed by atoms with Crippen molar-refractivity contribution < 1.29 is 20.1 Å². The van der Waals surface area contributed by atoms with Crippen LogP contribution in [0.4, 0.5) is 0 Å². The summed E-state index contributed by atoms with van der Waals surface area (Å²) in [5, 5.41) is 33.2. The average molecular weight is 760 g/mol. The number of hydrogen-bond donors (Lipinski definition) is 4. The molecule has 5 nitrogen and oxygen atoms in total. The van der Waals surface area contributed by atoms with Crippen LogP contribution in [-0.4, -0.2) is 46.1 Å². The first-order chi connectivity index (χ1) is 26.5. The summed E-state index contributed by atoms with van der Waals surface area (Å²) in [4.78, 5) is 12.4. The van der Waals surface area contributed by atoms with Gasteiger partial charge in [0, 0.05) is 0 Å². The number of nitrogens with one attached hydrogen (secondary N) is 1.